The zero-order chi connectivity index (χ0) is 14.0. The summed E-state index contributed by atoms with van der Waals surface area (Å²) in [6, 6.07) is 0.336. The number of aliphatic hydroxyl groups excluding tert-OH is 1. The van der Waals surface area contributed by atoms with E-state index in [0.29, 0.717) is 32.1 Å². The van der Waals surface area contributed by atoms with Gasteiger partial charge < -0.3 is 14.8 Å². The molecule has 0 saturated carbocycles. The van der Waals surface area contributed by atoms with Crippen LogP contribution in [0.1, 0.15) is 32.0 Å². The van der Waals surface area contributed by atoms with E-state index in [-0.39, 0.29) is 0 Å². The second kappa shape index (κ2) is 5.71. The van der Waals surface area contributed by atoms with Gasteiger partial charge in [0.1, 0.15) is 0 Å². The van der Waals surface area contributed by atoms with Gasteiger partial charge in [0.2, 0.25) is 0 Å². The van der Waals surface area contributed by atoms with Crippen LogP contribution in [-0.4, -0.2) is 49.8 Å². The van der Waals surface area contributed by atoms with E-state index in [1.165, 1.54) is 0 Å². The summed E-state index contributed by atoms with van der Waals surface area (Å²) < 4.78 is 2.08. The SMILES string of the molecule is CC(C)n1cncc1CN1CC[C@H](O)[C@H](C(=O)O)C1. The highest BCUT2D eigenvalue weighted by Crippen LogP contribution is 2.20. The first-order valence-corrected chi connectivity index (χ1v) is 6.63. The summed E-state index contributed by atoms with van der Waals surface area (Å²) in [6.45, 7) is 5.96. The van der Waals surface area contributed by atoms with Gasteiger partial charge in [-0.05, 0) is 20.3 Å². The molecule has 1 aliphatic rings. The van der Waals surface area contributed by atoms with Crippen LogP contribution < -0.4 is 0 Å². The van der Waals surface area contributed by atoms with Crippen molar-refractivity contribution in [3.8, 4) is 0 Å². The second-order valence-electron chi connectivity index (χ2n) is 5.42. The Kier molecular flexibility index (Phi) is 4.21. The molecule has 0 radical (unpaired) electrons. The summed E-state index contributed by atoms with van der Waals surface area (Å²) in [6.07, 6.45) is 3.39. The van der Waals surface area contributed by atoms with Gasteiger partial charge in [0.05, 0.1) is 24.0 Å². The van der Waals surface area contributed by atoms with Gasteiger partial charge in [0, 0.05) is 31.9 Å². The van der Waals surface area contributed by atoms with Crippen molar-refractivity contribution in [3.05, 3.63) is 18.2 Å². The monoisotopic (exact) mass is 267 g/mol. The maximum atomic E-state index is 11.1. The lowest BCUT2D eigenvalue weighted by Gasteiger charge is -2.34. The Labute approximate surface area is 112 Å². The summed E-state index contributed by atoms with van der Waals surface area (Å²) in [5.74, 6) is -1.61. The van der Waals surface area contributed by atoms with E-state index in [1.54, 1.807) is 6.33 Å². The molecular weight excluding hydrogens is 246 g/mol. The summed E-state index contributed by atoms with van der Waals surface area (Å²) in [7, 11) is 0. The molecule has 2 N–H and O–H groups in total. The van der Waals surface area contributed by atoms with Crippen molar-refractivity contribution in [2.75, 3.05) is 13.1 Å². The van der Waals surface area contributed by atoms with Gasteiger partial charge in [-0.15, -0.1) is 0 Å². The number of likely N-dealkylation sites (tertiary alicyclic amines) is 1. The smallest absolute Gasteiger partial charge is 0.310 e. The number of nitrogens with zero attached hydrogens (tertiary/aromatic N) is 3. The van der Waals surface area contributed by atoms with Gasteiger partial charge >= 0.3 is 5.97 Å². The molecule has 2 rings (SSSR count). The number of hydrogen-bond acceptors (Lipinski definition) is 4. The lowest BCUT2D eigenvalue weighted by atomic mass is 9.95. The Bertz CT molecular complexity index is 444. The molecule has 19 heavy (non-hydrogen) atoms. The molecule has 2 heterocycles. The van der Waals surface area contributed by atoms with Crippen molar-refractivity contribution in [1.82, 2.24) is 14.5 Å². The van der Waals surface area contributed by atoms with Crippen LogP contribution >= 0.6 is 0 Å². The molecule has 1 saturated heterocycles. The molecule has 2 atom stereocenters. The van der Waals surface area contributed by atoms with Crippen LogP contribution in [0.25, 0.3) is 0 Å². The van der Waals surface area contributed by atoms with E-state index < -0.39 is 18.0 Å². The number of piperidine rings is 1. The van der Waals surface area contributed by atoms with Gasteiger partial charge in [0.15, 0.2) is 0 Å². The summed E-state index contributed by atoms with van der Waals surface area (Å²) in [4.78, 5) is 17.3. The largest absolute Gasteiger partial charge is 0.481 e. The fourth-order valence-corrected chi connectivity index (χ4v) is 2.54. The first-order valence-electron chi connectivity index (χ1n) is 6.63. The Hall–Kier alpha value is -1.40. The van der Waals surface area contributed by atoms with Crippen LogP contribution in [0.2, 0.25) is 0 Å². The third-order valence-electron chi connectivity index (χ3n) is 3.67. The average Bonchev–Trinajstić information content (AvgIpc) is 2.79. The molecule has 1 aliphatic heterocycles. The molecule has 0 amide bonds. The highest BCUT2D eigenvalue weighted by atomic mass is 16.4. The van der Waals surface area contributed by atoms with E-state index in [0.717, 1.165) is 5.69 Å². The standard InChI is InChI=1S/C13H21N3O3/c1-9(2)16-8-14-5-10(16)6-15-4-3-12(17)11(7-15)13(18)19/h5,8-9,11-12,17H,3-4,6-7H2,1-2H3,(H,18,19)/t11-,12+/m1/s1. The fourth-order valence-electron chi connectivity index (χ4n) is 2.54. The second-order valence-corrected chi connectivity index (χ2v) is 5.42. The van der Waals surface area contributed by atoms with Crippen LogP contribution in [-0.2, 0) is 11.3 Å². The normalized spacial score (nSPS) is 24.8. The third kappa shape index (κ3) is 3.13. The van der Waals surface area contributed by atoms with E-state index >= 15 is 0 Å². The minimum absolute atomic E-state index is 0.336. The zero-order valence-electron chi connectivity index (χ0n) is 11.4. The summed E-state index contributed by atoms with van der Waals surface area (Å²) in [5, 5.41) is 18.8. The van der Waals surface area contributed by atoms with E-state index in [2.05, 4.69) is 28.3 Å². The van der Waals surface area contributed by atoms with Crippen molar-refractivity contribution in [2.45, 2.75) is 39.0 Å². The fraction of sp³-hybridized carbons (Fsp3) is 0.692. The Morgan fingerprint density at radius 2 is 2.32 bits per heavy atom. The number of aliphatic carboxylic acids is 1. The number of rotatable bonds is 4. The number of carboxylic acid groups (broad SMARTS) is 1. The number of imidazole rings is 1. The van der Waals surface area contributed by atoms with Gasteiger partial charge in [-0.1, -0.05) is 0 Å². The molecule has 0 bridgehead atoms. The number of aromatic nitrogens is 2. The molecule has 1 aromatic rings. The predicted molar refractivity (Wildman–Crippen MR) is 69.6 cm³/mol. The quantitative estimate of drug-likeness (QED) is 0.841. The lowest BCUT2D eigenvalue weighted by molar-refractivity contribution is -0.149. The van der Waals surface area contributed by atoms with Crippen LogP contribution in [0.3, 0.4) is 0 Å². The molecule has 6 nitrogen and oxygen atoms in total. The molecule has 6 heteroatoms. The van der Waals surface area contributed by atoms with Crippen LogP contribution in [0.15, 0.2) is 12.5 Å². The Morgan fingerprint density at radius 3 is 2.95 bits per heavy atom. The first kappa shape index (κ1) is 14.0. The van der Waals surface area contributed by atoms with Crippen molar-refractivity contribution in [2.24, 2.45) is 5.92 Å². The molecule has 0 aliphatic carbocycles. The maximum Gasteiger partial charge on any atom is 0.310 e. The third-order valence-corrected chi connectivity index (χ3v) is 3.67. The average molecular weight is 267 g/mol. The van der Waals surface area contributed by atoms with Gasteiger partial charge in [-0.3, -0.25) is 9.69 Å². The highest BCUT2D eigenvalue weighted by molar-refractivity contribution is 5.71. The molecule has 0 spiro atoms. The van der Waals surface area contributed by atoms with Crippen molar-refractivity contribution in [1.29, 1.82) is 0 Å². The van der Waals surface area contributed by atoms with Gasteiger partial charge in [-0.2, -0.15) is 0 Å². The topological polar surface area (TPSA) is 78.6 Å². The molecule has 0 unspecified atom stereocenters. The van der Waals surface area contributed by atoms with Crippen LogP contribution in [0, 0.1) is 5.92 Å². The van der Waals surface area contributed by atoms with Crippen molar-refractivity contribution >= 4 is 5.97 Å². The molecule has 1 aromatic heterocycles. The maximum absolute atomic E-state index is 11.1. The van der Waals surface area contributed by atoms with E-state index in [9.17, 15) is 9.90 Å². The van der Waals surface area contributed by atoms with Crippen molar-refractivity contribution < 1.29 is 15.0 Å². The minimum Gasteiger partial charge on any atom is -0.481 e. The highest BCUT2D eigenvalue weighted by Gasteiger charge is 2.33. The van der Waals surface area contributed by atoms with E-state index in [1.807, 2.05) is 6.20 Å². The number of carboxylic acids is 1. The number of aliphatic hydroxyl groups is 1. The Balaban J connectivity index is 2.03. The summed E-state index contributed by atoms with van der Waals surface area (Å²) in [5.41, 5.74) is 1.08. The molecule has 1 fully saturated rings. The minimum atomic E-state index is -0.922. The number of carbonyl (C=O) groups is 1. The van der Waals surface area contributed by atoms with E-state index in [4.69, 9.17) is 5.11 Å². The summed E-state index contributed by atoms with van der Waals surface area (Å²) >= 11 is 0. The zero-order valence-corrected chi connectivity index (χ0v) is 11.4. The molecular formula is C13H21N3O3. The van der Waals surface area contributed by atoms with Crippen molar-refractivity contribution in [3.63, 3.8) is 0 Å². The van der Waals surface area contributed by atoms with Crippen LogP contribution in [0.5, 0.6) is 0 Å². The Morgan fingerprint density at radius 1 is 1.58 bits per heavy atom. The number of hydrogen-bond donors (Lipinski definition) is 2. The van der Waals surface area contributed by atoms with Gasteiger partial charge in [0.25, 0.3) is 0 Å². The molecule has 0 aromatic carbocycles. The lowest BCUT2D eigenvalue weighted by Crippen LogP contribution is -2.46. The van der Waals surface area contributed by atoms with Gasteiger partial charge in [-0.25, -0.2) is 4.98 Å². The predicted octanol–water partition coefficient (Wildman–Crippen LogP) is 0.731. The van der Waals surface area contributed by atoms with Crippen LogP contribution in [0.4, 0.5) is 0 Å². The first-order chi connectivity index (χ1) is 8.99. The molecule has 106 valence electrons.